The first-order chi connectivity index (χ1) is 10.2. The Balaban J connectivity index is 2.04. The summed E-state index contributed by atoms with van der Waals surface area (Å²) in [4.78, 5) is 2.50. The van der Waals surface area contributed by atoms with Crippen molar-refractivity contribution in [3.05, 3.63) is 35.4 Å². The summed E-state index contributed by atoms with van der Waals surface area (Å²) < 4.78 is 5.25. The highest BCUT2D eigenvalue weighted by molar-refractivity contribution is 5.37. The van der Waals surface area contributed by atoms with Gasteiger partial charge in [0.05, 0.1) is 6.61 Å². The molecule has 1 aromatic carbocycles. The smallest absolute Gasteiger partial charge is 0.104 e. The molecule has 0 saturated heterocycles. The van der Waals surface area contributed by atoms with E-state index < -0.39 is 0 Å². The Labute approximate surface area is 127 Å². The summed E-state index contributed by atoms with van der Waals surface area (Å²) in [5.41, 5.74) is 2.23. The van der Waals surface area contributed by atoms with E-state index in [9.17, 15) is 0 Å². The fraction of sp³-hybridized carbons (Fsp3) is 0.556. The van der Waals surface area contributed by atoms with Gasteiger partial charge >= 0.3 is 0 Å². The summed E-state index contributed by atoms with van der Waals surface area (Å²) in [6, 6.07) is 8.88. The molecule has 0 spiro atoms. The van der Waals surface area contributed by atoms with E-state index in [-0.39, 0.29) is 6.61 Å². The maximum absolute atomic E-state index is 8.78. The predicted molar refractivity (Wildman–Crippen MR) is 84.9 cm³/mol. The van der Waals surface area contributed by atoms with E-state index >= 15 is 0 Å². The van der Waals surface area contributed by atoms with E-state index in [1.54, 1.807) is 7.11 Å². The van der Waals surface area contributed by atoms with E-state index in [0.717, 1.165) is 31.2 Å². The number of aliphatic hydroxyl groups excluding tert-OH is 1. The van der Waals surface area contributed by atoms with Gasteiger partial charge in [0.2, 0.25) is 0 Å². The Bertz CT molecular complexity index is 499. The maximum atomic E-state index is 8.78. The highest BCUT2D eigenvalue weighted by atomic mass is 16.5. The lowest BCUT2D eigenvalue weighted by molar-refractivity contribution is 0.111. The summed E-state index contributed by atoms with van der Waals surface area (Å²) in [5.74, 6) is 6.52. The molecule has 21 heavy (non-hydrogen) atoms. The SMILES string of the molecule is COCCN(Cc1cccc(C#CCO)c1)C(C)C1CC1. The first-order valence-corrected chi connectivity index (χ1v) is 7.66. The van der Waals surface area contributed by atoms with Gasteiger partial charge in [-0.3, -0.25) is 4.90 Å². The first kappa shape index (κ1) is 16.0. The number of benzene rings is 1. The van der Waals surface area contributed by atoms with Crippen LogP contribution in [0.2, 0.25) is 0 Å². The topological polar surface area (TPSA) is 32.7 Å². The van der Waals surface area contributed by atoms with E-state index in [1.165, 1.54) is 18.4 Å². The maximum Gasteiger partial charge on any atom is 0.104 e. The number of aliphatic hydroxyl groups is 1. The van der Waals surface area contributed by atoms with Crippen LogP contribution in [-0.4, -0.2) is 42.9 Å². The molecule has 3 heteroatoms. The minimum absolute atomic E-state index is 0.0943. The zero-order valence-electron chi connectivity index (χ0n) is 13.0. The molecule has 0 radical (unpaired) electrons. The Morgan fingerprint density at radius 1 is 1.43 bits per heavy atom. The minimum Gasteiger partial charge on any atom is -0.384 e. The lowest BCUT2D eigenvalue weighted by Crippen LogP contribution is -2.36. The Morgan fingerprint density at radius 2 is 2.24 bits per heavy atom. The Hall–Kier alpha value is -1.34. The van der Waals surface area contributed by atoms with Crippen molar-refractivity contribution in [3.63, 3.8) is 0 Å². The minimum atomic E-state index is -0.0943. The zero-order chi connectivity index (χ0) is 15.1. The standard InChI is InChI=1S/C18H25NO2/c1-15(18-8-9-18)19(10-12-21-2)14-17-6-3-5-16(13-17)7-4-11-20/h3,5-6,13,15,18,20H,8-12,14H2,1-2H3. The van der Waals surface area contributed by atoms with Gasteiger partial charge in [-0.05, 0) is 43.4 Å². The quantitative estimate of drug-likeness (QED) is 0.781. The van der Waals surface area contributed by atoms with Crippen molar-refractivity contribution in [1.29, 1.82) is 0 Å². The van der Waals surface area contributed by atoms with Gasteiger partial charge in [-0.15, -0.1) is 0 Å². The Kier molecular flexibility index (Phi) is 6.25. The van der Waals surface area contributed by atoms with Crippen LogP contribution in [0.1, 0.15) is 30.9 Å². The lowest BCUT2D eigenvalue weighted by atomic mass is 10.1. The number of hydrogen-bond donors (Lipinski definition) is 1. The first-order valence-electron chi connectivity index (χ1n) is 7.66. The summed E-state index contributed by atoms with van der Waals surface area (Å²) >= 11 is 0. The molecule has 1 aliphatic rings. The van der Waals surface area contributed by atoms with Crippen LogP contribution in [0.25, 0.3) is 0 Å². The molecule has 1 atom stereocenters. The molecule has 1 aromatic rings. The molecule has 2 rings (SSSR count). The van der Waals surface area contributed by atoms with Gasteiger partial charge in [0.25, 0.3) is 0 Å². The van der Waals surface area contributed by atoms with Crippen LogP contribution in [0.3, 0.4) is 0 Å². The van der Waals surface area contributed by atoms with Gasteiger partial charge in [-0.25, -0.2) is 0 Å². The fourth-order valence-electron chi connectivity index (χ4n) is 2.64. The normalized spacial score (nSPS) is 15.6. The van der Waals surface area contributed by atoms with Crippen molar-refractivity contribution in [3.8, 4) is 11.8 Å². The third-order valence-electron chi connectivity index (χ3n) is 4.09. The molecule has 1 unspecified atom stereocenters. The molecular formula is C18H25NO2. The number of nitrogens with zero attached hydrogens (tertiary/aromatic N) is 1. The highest BCUT2D eigenvalue weighted by Crippen LogP contribution is 2.35. The predicted octanol–water partition coefficient (Wildman–Crippen LogP) is 2.28. The third kappa shape index (κ3) is 5.17. The average molecular weight is 287 g/mol. The molecule has 1 fully saturated rings. The van der Waals surface area contributed by atoms with Gasteiger partial charge in [0.1, 0.15) is 6.61 Å². The Morgan fingerprint density at radius 3 is 2.90 bits per heavy atom. The zero-order valence-corrected chi connectivity index (χ0v) is 13.0. The molecule has 0 aromatic heterocycles. The molecule has 0 amide bonds. The number of methoxy groups -OCH3 is 1. The third-order valence-corrected chi connectivity index (χ3v) is 4.09. The summed E-state index contributed by atoms with van der Waals surface area (Å²) in [6.07, 6.45) is 2.71. The number of rotatable bonds is 7. The lowest BCUT2D eigenvalue weighted by Gasteiger charge is -2.29. The van der Waals surface area contributed by atoms with Crippen LogP contribution in [0.15, 0.2) is 24.3 Å². The average Bonchev–Trinajstić information content (AvgIpc) is 3.34. The monoisotopic (exact) mass is 287 g/mol. The van der Waals surface area contributed by atoms with Crippen LogP contribution in [0.5, 0.6) is 0 Å². The van der Waals surface area contributed by atoms with Crippen molar-refractivity contribution in [2.24, 2.45) is 5.92 Å². The summed E-state index contributed by atoms with van der Waals surface area (Å²) in [6.45, 7) is 4.88. The van der Waals surface area contributed by atoms with Crippen LogP contribution < -0.4 is 0 Å². The van der Waals surface area contributed by atoms with Gasteiger partial charge in [0.15, 0.2) is 0 Å². The molecule has 0 bridgehead atoms. The second-order valence-electron chi connectivity index (χ2n) is 5.70. The summed E-state index contributed by atoms with van der Waals surface area (Å²) in [7, 11) is 1.76. The fourth-order valence-corrected chi connectivity index (χ4v) is 2.64. The van der Waals surface area contributed by atoms with Crippen LogP contribution in [0.4, 0.5) is 0 Å². The van der Waals surface area contributed by atoms with Crippen LogP contribution in [-0.2, 0) is 11.3 Å². The van der Waals surface area contributed by atoms with E-state index in [0.29, 0.717) is 6.04 Å². The second kappa shape index (κ2) is 8.19. The van der Waals surface area contributed by atoms with Crippen molar-refractivity contribution < 1.29 is 9.84 Å². The molecule has 0 heterocycles. The van der Waals surface area contributed by atoms with Gasteiger partial charge < -0.3 is 9.84 Å². The summed E-state index contributed by atoms with van der Waals surface area (Å²) in [5, 5.41) is 8.78. The van der Waals surface area contributed by atoms with Gasteiger partial charge in [-0.1, -0.05) is 24.0 Å². The van der Waals surface area contributed by atoms with E-state index in [4.69, 9.17) is 9.84 Å². The van der Waals surface area contributed by atoms with Crippen molar-refractivity contribution in [2.75, 3.05) is 26.9 Å². The largest absolute Gasteiger partial charge is 0.384 e. The molecular weight excluding hydrogens is 262 g/mol. The van der Waals surface area contributed by atoms with Crippen LogP contribution in [0, 0.1) is 17.8 Å². The van der Waals surface area contributed by atoms with Gasteiger partial charge in [0, 0.05) is 31.8 Å². The van der Waals surface area contributed by atoms with Gasteiger partial charge in [-0.2, -0.15) is 0 Å². The van der Waals surface area contributed by atoms with Crippen LogP contribution >= 0.6 is 0 Å². The number of ether oxygens (including phenoxy) is 1. The second-order valence-corrected chi connectivity index (χ2v) is 5.70. The molecule has 1 aliphatic carbocycles. The molecule has 1 saturated carbocycles. The number of hydrogen-bond acceptors (Lipinski definition) is 3. The molecule has 0 aliphatic heterocycles. The molecule has 114 valence electrons. The highest BCUT2D eigenvalue weighted by Gasteiger charge is 2.31. The molecule has 3 nitrogen and oxygen atoms in total. The van der Waals surface area contributed by atoms with E-state index in [1.807, 2.05) is 12.1 Å². The van der Waals surface area contributed by atoms with Crippen molar-refractivity contribution in [2.45, 2.75) is 32.4 Å². The van der Waals surface area contributed by atoms with E-state index in [2.05, 4.69) is 35.8 Å². The van der Waals surface area contributed by atoms with Crippen molar-refractivity contribution in [1.82, 2.24) is 4.90 Å². The molecule has 1 N–H and O–H groups in total. The van der Waals surface area contributed by atoms with Crippen molar-refractivity contribution >= 4 is 0 Å².